The minimum absolute atomic E-state index is 0.0560. The van der Waals surface area contributed by atoms with Crippen LogP contribution in [0.3, 0.4) is 0 Å². The first-order chi connectivity index (χ1) is 11.1. The van der Waals surface area contributed by atoms with Gasteiger partial charge in [-0.2, -0.15) is 0 Å². The molecule has 0 bridgehead atoms. The summed E-state index contributed by atoms with van der Waals surface area (Å²) in [7, 11) is 1.82. The lowest BCUT2D eigenvalue weighted by atomic mass is 9.90. The van der Waals surface area contributed by atoms with Gasteiger partial charge in [-0.3, -0.25) is 4.79 Å². The van der Waals surface area contributed by atoms with E-state index >= 15 is 0 Å². The summed E-state index contributed by atoms with van der Waals surface area (Å²) < 4.78 is 12.9. The SMILES string of the molecule is CN(CCc1ccc(F)cc1)C(=O)c1ccc2c(c1)CCCC2. The fourth-order valence-electron chi connectivity index (χ4n) is 3.14. The Morgan fingerprint density at radius 3 is 2.48 bits per heavy atom. The van der Waals surface area contributed by atoms with Crippen LogP contribution in [0, 0.1) is 5.82 Å². The third-order valence-electron chi connectivity index (χ3n) is 4.59. The second-order valence-electron chi connectivity index (χ2n) is 6.29. The Hall–Kier alpha value is -2.16. The van der Waals surface area contributed by atoms with Gasteiger partial charge in [-0.05, 0) is 73.1 Å². The first-order valence-corrected chi connectivity index (χ1v) is 8.25. The number of aryl methyl sites for hydroxylation is 2. The van der Waals surface area contributed by atoms with Crippen LogP contribution in [0.5, 0.6) is 0 Å². The van der Waals surface area contributed by atoms with Crippen LogP contribution in [-0.2, 0) is 19.3 Å². The van der Waals surface area contributed by atoms with Crippen LogP contribution in [0.15, 0.2) is 42.5 Å². The van der Waals surface area contributed by atoms with Gasteiger partial charge in [0.05, 0.1) is 0 Å². The fourth-order valence-corrected chi connectivity index (χ4v) is 3.14. The number of halogens is 1. The van der Waals surface area contributed by atoms with Gasteiger partial charge in [-0.15, -0.1) is 0 Å². The van der Waals surface area contributed by atoms with Crippen molar-refractivity contribution in [2.24, 2.45) is 0 Å². The topological polar surface area (TPSA) is 20.3 Å². The number of amides is 1. The summed E-state index contributed by atoms with van der Waals surface area (Å²) >= 11 is 0. The number of benzene rings is 2. The predicted molar refractivity (Wildman–Crippen MR) is 90.1 cm³/mol. The molecule has 0 radical (unpaired) electrons. The summed E-state index contributed by atoms with van der Waals surface area (Å²) in [5.74, 6) is -0.173. The Bertz CT molecular complexity index is 693. The quantitative estimate of drug-likeness (QED) is 0.835. The highest BCUT2D eigenvalue weighted by Crippen LogP contribution is 2.22. The molecule has 23 heavy (non-hydrogen) atoms. The third-order valence-corrected chi connectivity index (χ3v) is 4.59. The van der Waals surface area contributed by atoms with Gasteiger partial charge in [0.25, 0.3) is 5.91 Å². The Kier molecular flexibility index (Phi) is 4.75. The molecule has 1 aliphatic rings. The van der Waals surface area contributed by atoms with Crippen molar-refractivity contribution in [1.82, 2.24) is 4.90 Å². The van der Waals surface area contributed by atoms with E-state index in [-0.39, 0.29) is 11.7 Å². The maximum Gasteiger partial charge on any atom is 0.253 e. The number of nitrogens with zero attached hydrogens (tertiary/aromatic N) is 1. The Labute approximate surface area is 136 Å². The van der Waals surface area contributed by atoms with Crippen LogP contribution in [-0.4, -0.2) is 24.4 Å². The van der Waals surface area contributed by atoms with Gasteiger partial charge in [0.2, 0.25) is 0 Å². The summed E-state index contributed by atoms with van der Waals surface area (Å²) in [5, 5.41) is 0. The van der Waals surface area contributed by atoms with Gasteiger partial charge in [-0.1, -0.05) is 18.2 Å². The predicted octanol–water partition coefficient (Wildman–Crippen LogP) is 4.02. The van der Waals surface area contributed by atoms with Gasteiger partial charge in [0, 0.05) is 19.2 Å². The van der Waals surface area contributed by atoms with Crippen molar-refractivity contribution in [3.05, 3.63) is 70.5 Å². The van der Waals surface area contributed by atoms with Crippen LogP contribution in [0.4, 0.5) is 4.39 Å². The first-order valence-electron chi connectivity index (χ1n) is 8.25. The van der Waals surface area contributed by atoms with E-state index in [2.05, 4.69) is 12.1 Å². The average molecular weight is 311 g/mol. The molecule has 2 aromatic carbocycles. The van der Waals surface area contributed by atoms with Crippen molar-refractivity contribution in [3.63, 3.8) is 0 Å². The van der Waals surface area contributed by atoms with E-state index in [9.17, 15) is 9.18 Å². The molecule has 0 atom stereocenters. The van der Waals surface area contributed by atoms with Crippen LogP contribution in [0.2, 0.25) is 0 Å². The molecule has 1 aliphatic carbocycles. The number of carbonyl (C=O) groups excluding carboxylic acids is 1. The van der Waals surface area contributed by atoms with Crippen molar-refractivity contribution in [3.8, 4) is 0 Å². The summed E-state index contributed by atoms with van der Waals surface area (Å²) in [6.07, 6.45) is 5.40. The third kappa shape index (κ3) is 3.79. The number of hydrogen-bond donors (Lipinski definition) is 0. The van der Waals surface area contributed by atoms with E-state index in [1.165, 1.54) is 36.1 Å². The molecule has 2 nitrogen and oxygen atoms in total. The maximum atomic E-state index is 12.9. The molecule has 0 unspecified atom stereocenters. The lowest BCUT2D eigenvalue weighted by Crippen LogP contribution is -2.29. The van der Waals surface area contributed by atoms with Crippen LogP contribution in [0.1, 0.15) is 39.9 Å². The molecule has 3 rings (SSSR count). The summed E-state index contributed by atoms with van der Waals surface area (Å²) in [4.78, 5) is 14.3. The van der Waals surface area contributed by atoms with E-state index in [1.807, 2.05) is 13.1 Å². The standard InChI is InChI=1S/C20H22FNO/c1-22(13-12-15-6-10-19(21)11-7-15)20(23)18-9-8-16-4-2-3-5-17(16)14-18/h6-11,14H,2-5,12-13H2,1H3. The summed E-state index contributed by atoms with van der Waals surface area (Å²) in [6.45, 7) is 0.627. The van der Waals surface area contributed by atoms with Crippen LogP contribution < -0.4 is 0 Å². The molecule has 0 saturated carbocycles. The molecule has 0 fully saturated rings. The van der Waals surface area contributed by atoms with E-state index in [1.54, 1.807) is 17.0 Å². The molecular weight excluding hydrogens is 289 g/mol. The lowest BCUT2D eigenvalue weighted by Gasteiger charge is -2.20. The first kappa shape index (κ1) is 15.7. The molecule has 0 spiro atoms. The molecule has 2 aromatic rings. The van der Waals surface area contributed by atoms with E-state index in [4.69, 9.17) is 0 Å². The minimum atomic E-state index is -0.229. The van der Waals surface area contributed by atoms with E-state index in [0.717, 1.165) is 30.4 Å². The zero-order chi connectivity index (χ0) is 16.2. The second-order valence-corrected chi connectivity index (χ2v) is 6.29. The largest absolute Gasteiger partial charge is 0.341 e. The highest BCUT2D eigenvalue weighted by molar-refractivity contribution is 5.94. The highest BCUT2D eigenvalue weighted by Gasteiger charge is 2.15. The lowest BCUT2D eigenvalue weighted by molar-refractivity contribution is 0.0796. The number of hydrogen-bond acceptors (Lipinski definition) is 1. The molecule has 0 N–H and O–H groups in total. The van der Waals surface area contributed by atoms with Gasteiger partial charge in [0.15, 0.2) is 0 Å². The fraction of sp³-hybridized carbons (Fsp3) is 0.350. The summed E-state index contributed by atoms with van der Waals surface area (Å²) in [5.41, 5.74) is 4.53. The molecule has 0 heterocycles. The monoisotopic (exact) mass is 311 g/mol. The molecule has 0 aliphatic heterocycles. The number of rotatable bonds is 4. The highest BCUT2D eigenvalue weighted by atomic mass is 19.1. The van der Waals surface area contributed by atoms with Crippen LogP contribution in [0.25, 0.3) is 0 Å². The minimum Gasteiger partial charge on any atom is -0.341 e. The number of likely N-dealkylation sites (N-methyl/N-ethyl adjacent to an activating group) is 1. The average Bonchev–Trinajstić information content (AvgIpc) is 2.60. The van der Waals surface area contributed by atoms with Crippen LogP contribution >= 0.6 is 0 Å². The Balaban J connectivity index is 1.64. The zero-order valence-corrected chi connectivity index (χ0v) is 13.5. The number of carbonyl (C=O) groups is 1. The van der Waals surface area contributed by atoms with Gasteiger partial charge in [0.1, 0.15) is 5.82 Å². The van der Waals surface area contributed by atoms with E-state index in [0.29, 0.717) is 6.54 Å². The van der Waals surface area contributed by atoms with Gasteiger partial charge in [-0.25, -0.2) is 4.39 Å². The molecule has 3 heteroatoms. The van der Waals surface area contributed by atoms with Crippen molar-refractivity contribution in [2.75, 3.05) is 13.6 Å². The van der Waals surface area contributed by atoms with Crippen molar-refractivity contribution in [1.29, 1.82) is 0 Å². The Morgan fingerprint density at radius 2 is 1.74 bits per heavy atom. The Morgan fingerprint density at radius 1 is 1.04 bits per heavy atom. The molecular formula is C20H22FNO. The van der Waals surface area contributed by atoms with Crippen molar-refractivity contribution < 1.29 is 9.18 Å². The molecule has 0 saturated heterocycles. The van der Waals surface area contributed by atoms with Crippen molar-refractivity contribution >= 4 is 5.91 Å². The van der Waals surface area contributed by atoms with E-state index < -0.39 is 0 Å². The maximum absolute atomic E-state index is 12.9. The van der Waals surface area contributed by atoms with Crippen molar-refractivity contribution in [2.45, 2.75) is 32.1 Å². The smallest absolute Gasteiger partial charge is 0.253 e. The molecule has 120 valence electrons. The summed E-state index contributed by atoms with van der Waals surface area (Å²) in [6, 6.07) is 12.6. The van der Waals surface area contributed by atoms with Gasteiger partial charge >= 0.3 is 0 Å². The zero-order valence-electron chi connectivity index (χ0n) is 13.5. The molecule has 0 aromatic heterocycles. The number of fused-ring (bicyclic) bond motifs is 1. The molecule has 1 amide bonds. The second kappa shape index (κ2) is 6.95. The normalized spacial score (nSPS) is 13.5. The van der Waals surface area contributed by atoms with Gasteiger partial charge < -0.3 is 4.90 Å².